The average molecular weight is 366 g/mol. The Hall–Kier alpha value is -3.05. The number of para-hydroxylation sites is 1. The summed E-state index contributed by atoms with van der Waals surface area (Å²) in [7, 11) is 2.82. The minimum Gasteiger partial charge on any atom is -0.503 e. The van der Waals surface area contributed by atoms with Gasteiger partial charge in [0, 0.05) is 11.1 Å². The topological polar surface area (TPSA) is 44.8 Å². The van der Waals surface area contributed by atoms with Gasteiger partial charge in [0.2, 0.25) is 0 Å². The fourth-order valence-electron chi connectivity index (χ4n) is 2.53. The largest absolute Gasteiger partial charge is 0.503 e. The zero-order valence-corrected chi connectivity index (χ0v) is 15.3. The third-order valence-corrected chi connectivity index (χ3v) is 4.52. The predicted molar refractivity (Wildman–Crippen MR) is 103 cm³/mol. The van der Waals surface area contributed by atoms with Gasteiger partial charge in [-0.1, -0.05) is 48.5 Å². The van der Waals surface area contributed by atoms with Gasteiger partial charge in [-0.15, -0.1) is 11.3 Å². The molecule has 0 N–H and O–H groups in total. The first-order chi connectivity index (χ1) is 12.7. The van der Waals surface area contributed by atoms with Crippen LogP contribution in [0.3, 0.4) is 0 Å². The number of carbonyl (C=O) groups excluding carboxylic acids is 1. The van der Waals surface area contributed by atoms with E-state index in [-0.39, 0.29) is 0 Å². The lowest BCUT2D eigenvalue weighted by Gasteiger charge is -2.13. The van der Waals surface area contributed by atoms with E-state index in [0.717, 1.165) is 16.2 Å². The maximum atomic E-state index is 12.1. The molecular weight excluding hydrogens is 348 g/mol. The van der Waals surface area contributed by atoms with Crippen LogP contribution >= 0.6 is 11.3 Å². The van der Waals surface area contributed by atoms with Crippen molar-refractivity contribution in [2.45, 2.75) is 0 Å². The second-order valence-electron chi connectivity index (χ2n) is 5.34. The first kappa shape index (κ1) is 17.8. The highest BCUT2D eigenvalue weighted by atomic mass is 32.1. The lowest BCUT2D eigenvalue weighted by Crippen LogP contribution is -2.05. The van der Waals surface area contributed by atoms with Gasteiger partial charge in [0.15, 0.2) is 5.06 Å². The van der Waals surface area contributed by atoms with E-state index in [4.69, 9.17) is 14.2 Å². The zero-order chi connectivity index (χ0) is 18.4. The molecule has 0 fully saturated rings. The molecule has 0 aliphatic carbocycles. The Balaban J connectivity index is 2.00. The molecule has 26 heavy (non-hydrogen) atoms. The van der Waals surface area contributed by atoms with Gasteiger partial charge < -0.3 is 14.2 Å². The van der Waals surface area contributed by atoms with Gasteiger partial charge in [-0.25, -0.2) is 4.79 Å². The van der Waals surface area contributed by atoms with E-state index in [1.54, 1.807) is 6.07 Å². The van der Waals surface area contributed by atoms with E-state index in [2.05, 4.69) is 0 Å². The van der Waals surface area contributed by atoms with E-state index < -0.39 is 5.97 Å². The monoisotopic (exact) mass is 366 g/mol. The maximum absolute atomic E-state index is 12.1. The summed E-state index contributed by atoms with van der Waals surface area (Å²) in [5.41, 5.74) is 2.97. The van der Waals surface area contributed by atoms with E-state index in [0.29, 0.717) is 16.9 Å². The fraction of sp³-hybridized carbons (Fsp3) is 0.0952. The molecule has 0 saturated carbocycles. The van der Waals surface area contributed by atoms with Crippen molar-refractivity contribution < 1.29 is 19.0 Å². The van der Waals surface area contributed by atoms with Crippen LogP contribution in [0.1, 0.15) is 5.56 Å². The Morgan fingerprint density at radius 3 is 2.42 bits per heavy atom. The SMILES string of the molecule is COC=C(C(=O)OC)c1ccccc1Oc1sccc1-c1ccccc1. The van der Waals surface area contributed by atoms with Crippen LogP contribution in [0.2, 0.25) is 0 Å². The summed E-state index contributed by atoms with van der Waals surface area (Å²) >= 11 is 1.50. The normalized spacial score (nSPS) is 11.1. The summed E-state index contributed by atoms with van der Waals surface area (Å²) < 4.78 is 16.1. The third-order valence-electron chi connectivity index (χ3n) is 3.74. The van der Waals surface area contributed by atoms with Crippen molar-refractivity contribution in [3.8, 4) is 21.9 Å². The molecule has 0 saturated heterocycles. The van der Waals surface area contributed by atoms with Crippen LogP contribution in [0.15, 0.2) is 72.3 Å². The number of methoxy groups -OCH3 is 2. The fourth-order valence-corrected chi connectivity index (χ4v) is 3.31. The number of ether oxygens (including phenoxy) is 3. The summed E-state index contributed by atoms with van der Waals surface area (Å²) in [5, 5.41) is 2.73. The van der Waals surface area contributed by atoms with Gasteiger partial charge in [0.05, 0.1) is 20.5 Å². The highest BCUT2D eigenvalue weighted by molar-refractivity contribution is 7.12. The van der Waals surface area contributed by atoms with Crippen LogP contribution in [0.4, 0.5) is 0 Å². The number of rotatable bonds is 6. The molecule has 0 spiro atoms. The first-order valence-electron chi connectivity index (χ1n) is 7.96. The molecule has 0 amide bonds. The van der Waals surface area contributed by atoms with Crippen LogP contribution in [-0.4, -0.2) is 20.2 Å². The van der Waals surface area contributed by atoms with Crippen molar-refractivity contribution in [2.75, 3.05) is 14.2 Å². The Labute approximate surface area is 156 Å². The van der Waals surface area contributed by atoms with Gasteiger partial charge in [-0.05, 0) is 23.1 Å². The smallest absolute Gasteiger partial charge is 0.341 e. The van der Waals surface area contributed by atoms with E-state index in [1.807, 2.05) is 60.0 Å². The Morgan fingerprint density at radius 2 is 1.69 bits per heavy atom. The summed E-state index contributed by atoms with van der Waals surface area (Å²) in [4.78, 5) is 12.1. The molecule has 1 aromatic heterocycles. The molecule has 0 aliphatic rings. The molecule has 0 aliphatic heterocycles. The molecule has 0 atom stereocenters. The van der Waals surface area contributed by atoms with Crippen LogP contribution in [0, 0.1) is 0 Å². The highest BCUT2D eigenvalue weighted by Gasteiger charge is 2.19. The average Bonchev–Trinajstić information content (AvgIpc) is 3.15. The summed E-state index contributed by atoms with van der Waals surface area (Å²) in [5.74, 6) is 0.0678. The summed E-state index contributed by atoms with van der Waals surface area (Å²) in [6, 6.07) is 19.3. The number of hydrogen-bond donors (Lipinski definition) is 0. The zero-order valence-electron chi connectivity index (χ0n) is 14.5. The number of esters is 1. The first-order valence-corrected chi connectivity index (χ1v) is 8.84. The van der Waals surface area contributed by atoms with Crippen LogP contribution in [-0.2, 0) is 14.3 Å². The van der Waals surface area contributed by atoms with E-state index >= 15 is 0 Å². The summed E-state index contributed by atoms with van der Waals surface area (Å²) in [6.07, 6.45) is 1.36. The Bertz CT molecular complexity index is 913. The van der Waals surface area contributed by atoms with Crippen molar-refractivity contribution in [1.29, 1.82) is 0 Å². The van der Waals surface area contributed by atoms with Crippen molar-refractivity contribution in [3.05, 3.63) is 77.9 Å². The van der Waals surface area contributed by atoms with E-state index in [1.165, 1.54) is 31.8 Å². The van der Waals surface area contributed by atoms with Crippen molar-refractivity contribution in [1.82, 2.24) is 0 Å². The maximum Gasteiger partial charge on any atom is 0.341 e. The number of hydrogen-bond acceptors (Lipinski definition) is 5. The van der Waals surface area contributed by atoms with E-state index in [9.17, 15) is 4.79 Å². The van der Waals surface area contributed by atoms with Crippen LogP contribution < -0.4 is 4.74 Å². The molecular formula is C21H18O4S. The Morgan fingerprint density at radius 1 is 0.962 bits per heavy atom. The highest BCUT2D eigenvalue weighted by Crippen LogP contribution is 2.40. The number of thiophene rings is 1. The summed E-state index contributed by atoms with van der Waals surface area (Å²) in [6.45, 7) is 0. The minimum atomic E-state index is -0.489. The predicted octanol–water partition coefficient (Wildman–Crippen LogP) is 5.37. The number of carbonyl (C=O) groups is 1. The van der Waals surface area contributed by atoms with Crippen molar-refractivity contribution in [2.24, 2.45) is 0 Å². The lowest BCUT2D eigenvalue weighted by atomic mass is 10.1. The lowest BCUT2D eigenvalue weighted by molar-refractivity contribution is -0.133. The van der Waals surface area contributed by atoms with Gasteiger partial charge in [-0.2, -0.15) is 0 Å². The Kier molecular flexibility index (Phi) is 5.71. The second kappa shape index (κ2) is 8.36. The molecule has 132 valence electrons. The van der Waals surface area contributed by atoms with Crippen LogP contribution in [0.5, 0.6) is 10.8 Å². The minimum absolute atomic E-state index is 0.295. The van der Waals surface area contributed by atoms with Gasteiger partial charge >= 0.3 is 5.97 Å². The molecule has 5 heteroatoms. The quantitative estimate of drug-likeness (QED) is 0.334. The molecule has 0 bridgehead atoms. The molecule has 2 aromatic carbocycles. The van der Waals surface area contributed by atoms with Gasteiger partial charge in [-0.3, -0.25) is 0 Å². The standard InChI is InChI=1S/C21H18O4S/c1-23-14-18(20(22)24-2)17-10-6-7-11-19(17)25-21-16(12-13-26-21)15-8-4-3-5-9-15/h3-14H,1-2H3. The molecule has 4 nitrogen and oxygen atoms in total. The van der Waals surface area contributed by atoms with Gasteiger partial charge in [0.1, 0.15) is 11.3 Å². The molecule has 3 rings (SSSR count). The molecule has 0 radical (unpaired) electrons. The second-order valence-corrected chi connectivity index (χ2v) is 6.22. The molecule has 3 aromatic rings. The van der Waals surface area contributed by atoms with Crippen molar-refractivity contribution in [3.63, 3.8) is 0 Å². The number of benzene rings is 2. The molecule has 0 unspecified atom stereocenters. The van der Waals surface area contributed by atoms with Crippen LogP contribution in [0.25, 0.3) is 16.7 Å². The van der Waals surface area contributed by atoms with Crippen molar-refractivity contribution >= 4 is 22.9 Å². The molecule has 1 heterocycles. The third kappa shape index (κ3) is 3.78. The van der Waals surface area contributed by atoms with Gasteiger partial charge in [0.25, 0.3) is 0 Å².